The van der Waals surface area contributed by atoms with Gasteiger partial charge in [-0.25, -0.2) is 4.79 Å². The molecule has 0 spiro atoms. The van der Waals surface area contributed by atoms with E-state index in [0.29, 0.717) is 40.8 Å². The van der Waals surface area contributed by atoms with Crippen LogP contribution in [-0.2, 0) is 13.0 Å². The Labute approximate surface area is 167 Å². The minimum Gasteiger partial charge on any atom is -0.497 e. The standard InChI is InChI=1S/C21H20ClNO5/c1-4-12-7-19(24)28-20-14(12)9-16(22)21-15(20)10-23(11-27-21)17-8-13(25-2)5-6-18(17)26-3/h5-9H,4,10-11H2,1-3H3. The van der Waals surface area contributed by atoms with Crippen LogP contribution in [0.15, 0.2) is 39.5 Å². The molecule has 3 aromatic rings. The zero-order chi connectivity index (χ0) is 19.8. The van der Waals surface area contributed by atoms with Crippen LogP contribution in [0, 0.1) is 0 Å². The zero-order valence-corrected chi connectivity index (χ0v) is 16.6. The van der Waals surface area contributed by atoms with E-state index in [1.54, 1.807) is 20.3 Å². The summed E-state index contributed by atoms with van der Waals surface area (Å²) in [5.41, 5.74) is 2.58. The molecule has 2 heterocycles. The van der Waals surface area contributed by atoms with Crippen LogP contribution in [-0.4, -0.2) is 21.0 Å². The zero-order valence-electron chi connectivity index (χ0n) is 15.9. The number of benzene rings is 2. The van der Waals surface area contributed by atoms with Crippen LogP contribution in [0.1, 0.15) is 18.1 Å². The topological polar surface area (TPSA) is 61.1 Å². The van der Waals surface area contributed by atoms with Crippen LogP contribution in [0.4, 0.5) is 5.69 Å². The second kappa shape index (κ2) is 7.28. The smallest absolute Gasteiger partial charge is 0.336 e. The number of fused-ring (bicyclic) bond motifs is 3. The van der Waals surface area contributed by atoms with Crippen LogP contribution >= 0.6 is 11.6 Å². The van der Waals surface area contributed by atoms with Crippen LogP contribution < -0.4 is 24.7 Å². The molecule has 0 saturated heterocycles. The molecule has 1 aromatic heterocycles. The highest BCUT2D eigenvalue weighted by Crippen LogP contribution is 2.42. The van der Waals surface area contributed by atoms with Gasteiger partial charge in [-0.2, -0.15) is 0 Å². The summed E-state index contributed by atoms with van der Waals surface area (Å²) in [6.07, 6.45) is 0.700. The summed E-state index contributed by atoms with van der Waals surface area (Å²) >= 11 is 6.48. The summed E-state index contributed by atoms with van der Waals surface area (Å²) in [6, 6.07) is 8.87. The number of hydrogen-bond acceptors (Lipinski definition) is 6. The van der Waals surface area contributed by atoms with E-state index >= 15 is 0 Å². The fraction of sp³-hybridized carbons (Fsp3) is 0.286. The van der Waals surface area contributed by atoms with E-state index in [1.165, 1.54) is 6.07 Å². The van der Waals surface area contributed by atoms with Gasteiger partial charge in [0.05, 0.1) is 37.0 Å². The molecular formula is C21H20ClNO5. The Kier molecular flexibility index (Phi) is 4.81. The highest BCUT2D eigenvalue weighted by Gasteiger charge is 2.27. The van der Waals surface area contributed by atoms with E-state index in [-0.39, 0.29) is 12.4 Å². The molecule has 0 bridgehead atoms. The maximum absolute atomic E-state index is 12.1. The molecule has 6 nitrogen and oxygen atoms in total. The largest absolute Gasteiger partial charge is 0.497 e. The molecule has 0 saturated carbocycles. The molecule has 1 aliphatic heterocycles. The van der Waals surface area contributed by atoms with Crippen LogP contribution in [0.3, 0.4) is 0 Å². The van der Waals surface area contributed by atoms with Crippen LogP contribution in [0.5, 0.6) is 17.2 Å². The number of halogens is 1. The number of rotatable bonds is 4. The lowest BCUT2D eigenvalue weighted by Gasteiger charge is -2.32. The molecule has 0 aliphatic carbocycles. The monoisotopic (exact) mass is 401 g/mol. The van der Waals surface area contributed by atoms with Gasteiger partial charge in [0.15, 0.2) is 6.73 Å². The van der Waals surface area contributed by atoms with Gasteiger partial charge in [-0.3, -0.25) is 0 Å². The molecule has 0 amide bonds. The van der Waals surface area contributed by atoms with Gasteiger partial charge in [-0.15, -0.1) is 0 Å². The van der Waals surface area contributed by atoms with Crippen molar-refractivity contribution in [1.29, 1.82) is 0 Å². The number of ether oxygens (including phenoxy) is 3. The molecule has 0 unspecified atom stereocenters. The maximum Gasteiger partial charge on any atom is 0.336 e. The van der Waals surface area contributed by atoms with Gasteiger partial charge in [0.2, 0.25) is 0 Å². The van der Waals surface area contributed by atoms with Crippen molar-refractivity contribution in [2.24, 2.45) is 0 Å². The predicted octanol–water partition coefficient (Wildman–Crippen LogP) is 4.38. The number of anilines is 1. The molecule has 7 heteroatoms. The van der Waals surface area contributed by atoms with E-state index in [2.05, 4.69) is 0 Å². The van der Waals surface area contributed by atoms with Crippen molar-refractivity contribution < 1.29 is 18.6 Å². The average molecular weight is 402 g/mol. The summed E-state index contributed by atoms with van der Waals surface area (Å²) in [5.74, 6) is 1.94. The molecule has 2 aromatic carbocycles. The molecule has 0 radical (unpaired) electrons. The van der Waals surface area contributed by atoms with Crippen molar-refractivity contribution in [1.82, 2.24) is 0 Å². The summed E-state index contributed by atoms with van der Waals surface area (Å²) in [4.78, 5) is 14.1. The first-order chi connectivity index (χ1) is 13.5. The van der Waals surface area contributed by atoms with Gasteiger partial charge in [-0.1, -0.05) is 18.5 Å². The molecule has 1 aliphatic rings. The Morgan fingerprint density at radius 1 is 1.18 bits per heavy atom. The fourth-order valence-corrected chi connectivity index (χ4v) is 3.82. The minimum absolute atomic E-state index is 0.277. The van der Waals surface area contributed by atoms with E-state index in [0.717, 1.165) is 22.2 Å². The second-order valence-electron chi connectivity index (χ2n) is 6.50. The first-order valence-electron chi connectivity index (χ1n) is 8.93. The quantitative estimate of drug-likeness (QED) is 0.604. The molecule has 0 atom stereocenters. The van der Waals surface area contributed by atoms with Gasteiger partial charge in [0, 0.05) is 17.5 Å². The molecule has 0 N–H and O–H groups in total. The molecule has 4 rings (SSSR count). The Bertz CT molecular complexity index is 1110. The van der Waals surface area contributed by atoms with Gasteiger partial charge < -0.3 is 23.5 Å². The summed E-state index contributed by atoms with van der Waals surface area (Å²) in [6.45, 7) is 2.72. The summed E-state index contributed by atoms with van der Waals surface area (Å²) in [5, 5.41) is 1.33. The average Bonchev–Trinajstić information content (AvgIpc) is 2.73. The third-order valence-electron chi connectivity index (χ3n) is 4.94. The second-order valence-corrected chi connectivity index (χ2v) is 6.90. The number of nitrogens with zero attached hydrogens (tertiary/aromatic N) is 1. The van der Waals surface area contributed by atoms with Crippen LogP contribution in [0.25, 0.3) is 11.0 Å². The number of aryl methyl sites for hydroxylation is 1. The van der Waals surface area contributed by atoms with Crippen molar-refractivity contribution in [3.05, 3.63) is 56.9 Å². The Hall–Kier alpha value is -2.86. The third-order valence-corrected chi connectivity index (χ3v) is 5.22. The first kappa shape index (κ1) is 18.5. The third kappa shape index (κ3) is 3.03. The van der Waals surface area contributed by atoms with E-state index in [9.17, 15) is 4.79 Å². The highest BCUT2D eigenvalue weighted by molar-refractivity contribution is 6.33. The van der Waals surface area contributed by atoms with Crippen molar-refractivity contribution in [2.75, 3.05) is 25.9 Å². The first-order valence-corrected chi connectivity index (χ1v) is 9.31. The van der Waals surface area contributed by atoms with E-state index < -0.39 is 0 Å². The molecule has 28 heavy (non-hydrogen) atoms. The maximum atomic E-state index is 12.1. The Morgan fingerprint density at radius 2 is 2.00 bits per heavy atom. The van der Waals surface area contributed by atoms with Crippen molar-refractivity contribution >= 4 is 28.3 Å². The highest BCUT2D eigenvalue weighted by atomic mass is 35.5. The van der Waals surface area contributed by atoms with E-state index in [4.69, 9.17) is 30.2 Å². The Balaban J connectivity index is 1.87. The van der Waals surface area contributed by atoms with Crippen LogP contribution in [0.2, 0.25) is 5.02 Å². The van der Waals surface area contributed by atoms with Gasteiger partial charge >= 0.3 is 5.63 Å². The fourth-order valence-electron chi connectivity index (χ4n) is 3.54. The SMILES string of the molecule is CCc1cc(=O)oc2c3c(c(Cl)cc12)OCN(c1cc(OC)ccc1OC)C3. The number of hydrogen-bond donors (Lipinski definition) is 0. The van der Waals surface area contributed by atoms with E-state index in [1.807, 2.05) is 30.0 Å². The van der Waals surface area contributed by atoms with Crippen molar-refractivity contribution in [3.63, 3.8) is 0 Å². The summed E-state index contributed by atoms with van der Waals surface area (Å²) in [7, 11) is 3.23. The minimum atomic E-state index is -0.384. The Morgan fingerprint density at radius 3 is 2.71 bits per heavy atom. The molecular weight excluding hydrogens is 382 g/mol. The summed E-state index contributed by atoms with van der Waals surface area (Å²) < 4.78 is 22.4. The molecule has 0 fully saturated rings. The lowest BCUT2D eigenvalue weighted by Crippen LogP contribution is -2.32. The van der Waals surface area contributed by atoms with Gasteiger partial charge in [-0.05, 0) is 30.2 Å². The lowest BCUT2D eigenvalue weighted by atomic mass is 10.0. The van der Waals surface area contributed by atoms with Gasteiger partial charge in [0.1, 0.15) is 22.8 Å². The van der Waals surface area contributed by atoms with Crippen molar-refractivity contribution in [2.45, 2.75) is 19.9 Å². The molecule has 146 valence electrons. The predicted molar refractivity (Wildman–Crippen MR) is 108 cm³/mol. The van der Waals surface area contributed by atoms with Crippen molar-refractivity contribution in [3.8, 4) is 17.2 Å². The number of methoxy groups -OCH3 is 2. The lowest BCUT2D eigenvalue weighted by molar-refractivity contribution is 0.287. The van der Waals surface area contributed by atoms with Gasteiger partial charge in [0.25, 0.3) is 0 Å². The normalized spacial score (nSPS) is 13.2.